The van der Waals surface area contributed by atoms with Gasteiger partial charge in [-0.25, -0.2) is 4.98 Å². The highest BCUT2D eigenvalue weighted by atomic mass is 16.5. The standard InChI is InChI=1S/C11H15NO3/c13-4-3-10-8-15-11(12-10)6-9-2-1-5-14-7-9/h4,8-9H,1-3,5-7H2. The van der Waals surface area contributed by atoms with E-state index in [1.165, 1.54) is 6.42 Å². The van der Waals surface area contributed by atoms with Crippen molar-refractivity contribution in [3.63, 3.8) is 0 Å². The van der Waals surface area contributed by atoms with Gasteiger partial charge in [-0.1, -0.05) is 0 Å². The number of ether oxygens (including phenoxy) is 1. The number of oxazole rings is 1. The maximum absolute atomic E-state index is 10.3. The Morgan fingerprint density at radius 1 is 1.60 bits per heavy atom. The van der Waals surface area contributed by atoms with Crippen LogP contribution in [0.1, 0.15) is 24.4 Å². The Kier molecular flexibility index (Phi) is 3.50. The quantitative estimate of drug-likeness (QED) is 0.703. The minimum absolute atomic E-state index is 0.338. The lowest BCUT2D eigenvalue weighted by molar-refractivity contribution is -0.107. The van der Waals surface area contributed by atoms with E-state index in [4.69, 9.17) is 9.15 Å². The van der Waals surface area contributed by atoms with Gasteiger partial charge in [0.15, 0.2) is 5.89 Å². The first kappa shape index (κ1) is 10.4. The fourth-order valence-electron chi connectivity index (χ4n) is 1.84. The van der Waals surface area contributed by atoms with Gasteiger partial charge in [0.25, 0.3) is 0 Å². The monoisotopic (exact) mass is 209 g/mol. The lowest BCUT2D eigenvalue weighted by Crippen LogP contribution is -2.19. The molecule has 2 heterocycles. The maximum atomic E-state index is 10.3. The summed E-state index contributed by atoms with van der Waals surface area (Å²) < 4.78 is 10.7. The molecule has 82 valence electrons. The molecule has 2 rings (SSSR count). The maximum Gasteiger partial charge on any atom is 0.194 e. The molecule has 4 heteroatoms. The lowest BCUT2D eigenvalue weighted by Gasteiger charge is -2.20. The normalized spacial score (nSPS) is 21.5. The summed E-state index contributed by atoms with van der Waals surface area (Å²) in [6.07, 6.45) is 5.85. The zero-order valence-corrected chi connectivity index (χ0v) is 8.65. The van der Waals surface area contributed by atoms with Crippen molar-refractivity contribution in [1.82, 2.24) is 4.98 Å². The SMILES string of the molecule is O=CCc1coc(CC2CCCOC2)n1. The highest BCUT2D eigenvalue weighted by Crippen LogP contribution is 2.18. The second-order valence-corrected chi connectivity index (χ2v) is 3.89. The molecular weight excluding hydrogens is 194 g/mol. The van der Waals surface area contributed by atoms with Crippen LogP contribution in [0.5, 0.6) is 0 Å². The third-order valence-corrected chi connectivity index (χ3v) is 2.61. The summed E-state index contributed by atoms with van der Waals surface area (Å²) in [5, 5.41) is 0. The van der Waals surface area contributed by atoms with E-state index in [1.54, 1.807) is 6.26 Å². The van der Waals surface area contributed by atoms with Crippen LogP contribution < -0.4 is 0 Å². The molecule has 15 heavy (non-hydrogen) atoms. The number of aldehydes is 1. The molecule has 0 amide bonds. The summed E-state index contributed by atoms with van der Waals surface area (Å²) >= 11 is 0. The summed E-state index contributed by atoms with van der Waals surface area (Å²) in [5.74, 6) is 1.24. The van der Waals surface area contributed by atoms with Gasteiger partial charge in [-0.2, -0.15) is 0 Å². The molecule has 1 atom stereocenters. The fraction of sp³-hybridized carbons (Fsp3) is 0.636. The van der Waals surface area contributed by atoms with Crippen LogP contribution in [0.2, 0.25) is 0 Å². The molecule has 1 saturated heterocycles. The molecule has 0 aromatic carbocycles. The number of carbonyl (C=O) groups excluding carboxylic acids is 1. The van der Waals surface area contributed by atoms with Gasteiger partial charge in [-0.15, -0.1) is 0 Å². The number of rotatable bonds is 4. The van der Waals surface area contributed by atoms with Gasteiger partial charge in [0.2, 0.25) is 0 Å². The van der Waals surface area contributed by atoms with Crippen molar-refractivity contribution in [3.8, 4) is 0 Å². The van der Waals surface area contributed by atoms with Crippen molar-refractivity contribution >= 4 is 6.29 Å². The van der Waals surface area contributed by atoms with Crippen LogP contribution in [0, 0.1) is 5.92 Å². The summed E-state index contributed by atoms with van der Waals surface area (Å²) in [6, 6.07) is 0. The largest absolute Gasteiger partial charge is 0.449 e. The highest BCUT2D eigenvalue weighted by molar-refractivity contribution is 5.53. The Labute approximate surface area is 88.6 Å². The molecular formula is C11H15NO3. The molecule has 1 unspecified atom stereocenters. The van der Waals surface area contributed by atoms with Gasteiger partial charge in [0, 0.05) is 26.1 Å². The number of nitrogens with zero attached hydrogens (tertiary/aromatic N) is 1. The third kappa shape index (κ3) is 2.89. The topological polar surface area (TPSA) is 52.3 Å². The zero-order valence-electron chi connectivity index (χ0n) is 8.65. The Bertz CT molecular complexity index is 315. The Morgan fingerprint density at radius 2 is 2.53 bits per heavy atom. The summed E-state index contributed by atoms with van der Waals surface area (Å²) in [7, 11) is 0. The van der Waals surface area contributed by atoms with E-state index in [9.17, 15) is 4.79 Å². The lowest BCUT2D eigenvalue weighted by atomic mass is 9.99. The molecule has 0 spiro atoms. The van der Waals surface area contributed by atoms with Crippen LogP contribution in [-0.4, -0.2) is 24.5 Å². The van der Waals surface area contributed by atoms with Crippen LogP contribution >= 0.6 is 0 Å². The van der Waals surface area contributed by atoms with Gasteiger partial charge >= 0.3 is 0 Å². The van der Waals surface area contributed by atoms with E-state index < -0.39 is 0 Å². The van der Waals surface area contributed by atoms with Crippen LogP contribution in [0.15, 0.2) is 10.7 Å². The second-order valence-electron chi connectivity index (χ2n) is 3.89. The molecule has 1 aromatic heterocycles. The molecule has 1 fully saturated rings. The number of carbonyl (C=O) groups is 1. The minimum atomic E-state index is 0.338. The third-order valence-electron chi connectivity index (χ3n) is 2.61. The molecule has 1 aliphatic heterocycles. The zero-order chi connectivity index (χ0) is 10.5. The molecule has 4 nitrogen and oxygen atoms in total. The van der Waals surface area contributed by atoms with Gasteiger partial charge in [0.05, 0.1) is 5.69 Å². The number of hydrogen-bond acceptors (Lipinski definition) is 4. The summed E-state index contributed by atoms with van der Waals surface area (Å²) in [5.41, 5.74) is 0.719. The van der Waals surface area contributed by atoms with Gasteiger partial charge in [-0.05, 0) is 18.8 Å². The molecule has 0 bridgehead atoms. The van der Waals surface area contributed by atoms with E-state index in [0.717, 1.165) is 43.9 Å². The number of hydrogen-bond donors (Lipinski definition) is 0. The van der Waals surface area contributed by atoms with E-state index in [1.807, 2.05) is 0 Å². The van der Waals surface area contributed by atoms with E-state index >= 15 is 0 Å². The smallest absolute Gasteiger partial charge is 0.194 e. The molecule has 1 aliphatic rings. The average Bonchev–Trinajstić information content (AvgIpc) is 2.68. The van der Waals surface area contributed by atoms with Gasteiger partial charge < -0.3 is 13.9 Å². The van der Waals surface area contributed by atoms with Crippen molar-refractivity contribution < 1.29 is 13.9 Å². The molecule has 1 aromatic rings. The average molecular weight is 209 g/mol. The predicted molar refractivity (Wildman–Crippen MR) is 53.5 cm³/mol. The predicted octanol–water partition coefficient (Wildman–Crippen LogP) is 1.39. The van der Waals surface area contributed by atoms with Crippen LogP contribution in [0.3, 0.4) is 0 Å². The van der Waals surface area contributed by atoms with Crippen LogP contribution in [0.4, 0.5) is 0 Å². The Hall–Kier alpha value is -1.16. The van der Waals surface area contributed by atoms with Crippen molar-refractivity contribution in [2.45, 2.75) is 25.7 Å². The van der Waals surface area contributed by atoms with Crippen molar-refractivity contribution in [3.05, 3.63) is 17.8 Å². The molecule has 0 N–H and O–H groups in total. The first-order valence-electron chi connectivity index (χ1n) is 5.33. The van der Waals surface area contributed by atoms with Crippen molar-refractivity contribution in [2.75, 3.05) is 13.2 Å². The number of aromatic nitrogens is 1. The van der Waals surface area contributed by atoms with E-state index in [-0.39, 0.29) is 0 Å². The first-order chi connectivity index (χ1) is 7.38. The molecule has 0 radical (unpaired) electrons. The second kappa shape index (κ2) is 5.07. The van der Waals surface area contributed by atoms with Crippen LogP contribution in [-0.2, 0) is 22.4 Å². The Balaban J connectivity index is 1.88. The molecule has 0 saturated carbocycles. The summed E-state index contributed by atoms with van der Waals surface area (Å²) in [6.45, 7) is 1.67. The molecule has 0 aliphatic carbocycles. The van der Waals surface area contributed by atoms with E-state index in [0.29, 0.717) is 12.3 Å². The summed E-state index contributed by atoms with van der Waals surface area (Å²) in [4.78, 5) is 14.5. The van der Waals surface area contributed by atoms with Crippen molar-refractivity contribution in [2.24, 2.45) is 5.92 Å². The fourth-order valence-corrected chi connectivity index (χ4v) is 1.84. The first-order valence-corrected chi connectivity index (χ1v) is 5.33. The van der Waals surface area contributed by atoms with Gasteiger partial charge in [-0.3, -0.25) is 0 Å². The highest BCUT2D eigenvalue weighted by Gasteiger charge is 2.17. The minimum Gasteiger partial charge on any atom is -0.449 e. The Morgan fingerprint density at radius 3 is 3.27 bits per heavy atom. The van der Waals surface area contributed by atoms with Crippen LogP contribution in [0.25, 0.3) is 0 Å². The van der Waals surface area contributed by atoms with Crippen molar-refractivity contribution in [1.29, 1.82) is 0 Å². The van der Waals surface area contributed by atoms with Gasteiger partial charge in [0.1, 0.15) is 12.5 Å². The van der Waals surface area contributed by atoms with E-state index in [2.05, 4.69) is 4.98 Å².